The van der Waals surface area contributed by atoms with Crippen LogP contribution in [0.3, 0.4) is 0 Å². The summed E-state index contributed by atoms with van der Waals surface area (Å²) in [6.45, 7) is 1.01. The third-order valence-corrected chi connectivity index (χ3v) is 5.52. The van der Waals surface area contributed by atoms with E-state index < -0.39 is 0 Å². The van der Waals surface area contributed by atoms with Gasteiger partial charge in [-0.1, -0.05) is 35.5 Å². The van der Waals surface area contributed by atoms with Crippen molar-refractivity contribution in [3.63, 3.8) is 0 Å². The summed E-state index contributed by atoms with van der Waals surface area (Å²) in [7, 11) is 0. The van der Waals surface area contributed by atoms with E-state index in [1.165, 1.54) is 11.8 Å². The summed E-state index contributed by atoms with van der Waals surface area (Å²) in [6.07, 6.45) is 0.932. The lowest BCUT2D eigenvalue weighted by Crippen LogP contribution is -2.27. The summed E-state index contributed by atoms with van der Waals surface area (Å²) in [5, 5.41) is 1.86. The zero-order valence-corrected chi connectivity index (χ0v) is 15.5. The van der Waals surface area contributed by atoms with Gasteiger partial charge in [0.2, 0.25) is 0 Å². The molecule has 1 fully saturated rings. The first-order valence-corrected chi connectivity index (χ1v) is 9.68. The van der Waals surface area contributed by atoms with Gasteiger partial charge in [-0.25, -0.2) is 4.98 Å². The standard InChI is InChI=1S/C19H17ClN2O3S/c20-13-5-7-14(8-6-13)22-18(23)16-3-1-2-4-17(16)21-19(22)26-11-15-9-10-24-12-25-15/h1-8,15H,9-12H2/t15-/m1/s1. The number of hydrogen-bond acceptors (Lipinski definition) is 5. The van der Waals surface area contributed by atoms with Crippen molar-refractivity contribution in [2.45, 2.75) is 17.7 Å². The number of halogens is 1. The summed E-state index contributed by atoms with van der Waals surface area (Å²) in [5.74, 6) is 0.710. The maximum absolute atomic E-state index is 13.1. The molecule has 26 heavy (non-hydrogen) atoms. The minimum atomic E-state index is -0.0895. The van der Waals surface area contributed by atoms with Crippen LogP contribution in [0, 0.1) is 0 Å². The van der Waals surface area contributed by atoms with Crippen molar-refractivity contribution in [2.75, 3.05) is 19.2 Å². The number of benzene rings is 2. The second-order valence-electron chi connectivity index (χ2n) is 5.94. The Balaban J connectivity index is 1.77. The normalized spacial score (nSPS) is 17.5. The summed E-state index contributed by atoms with van der Waals surface area (Å²) in [4.78, 5) is 17.8. The number of ether oxygens (including phenoxy) is 2. The van der Waals surface area contributed by atoms with E-state index in [-0.39, 0.29) is 11.7 Å². The highest BCUT2D eigenvalue weighted by Crippen LogP contribution is 2.24. The van der Waals surface area contributed by atoms with Crippen molar-refractivity contribution in [3.8, 4) is 5.69 Å². The van der Waals surface area contributed by atoms with Crippen LogP contribution in [0.5, 0.6) is 0 Å². The summed E-state index contributed by atoms with van der Waals surface area (Å²) in [5.41, 5.74) is 1.35. The smallest absolute Gasteiger partial charge is 0.266 e. The zero-order chi connectivity index (χ0) is 17.9. The molecule has 2 aromatic carbocycles. The van der Waals surface area contributed by atoms with E-state index in [0.29, 0.717) is 40.2 Å². The highest BCUT2D eigenvalue weighted by atomic mass is 35.5. The van der Waals surface area contributed by atoms with Gasteiger partial charge in [0.25, 0.3) is 5.56 Å². The van der Waals surface area contributed by atoms with Gasteiger partial charge >= 0.3 is 0 Å². The zero-order valence-electron chi connectivity index (χ0n) is 13.9. The van der Waals surface area contributed by atoms with E-state index in [2.05, 4.69) is 0 Å². The summed E-state index contributed by atoms with van der Waals surface area (Å²) in [6, 6.07) is 14.6. The molecular formula is C19H17ClN2O3S. The Hall–Kier alpha value is -1.86. The van der Waals surface area contributed by atoms with Crippen molar-refractivity contribution >= 4 is 34.3 Å². The Bertz CT molecular complexity index is 969. The van der Waals surface area contributed by atoms with E-state index >= 15 is 0 Å². The van der Waals surface area contributed by atoms with Gasteiger partial charge in [-0.15, -0.1) is 0 Å². The maximum atomic E-state index is 13.1. The Kier molecular flexibility index (Phi) is 5.26. The number of para-hydroxylation sites is 1. The van der Waals surface area contributed by atoms with E-state index in [9.17, 15) is 4.79 Å². The minimum absolute atomic E-state index is 0.0895. The minimum Gasteiger partial charge on any atom is -0.355 e. The van der Waals surface area contributed by atoms with Crippen LogP contribution < -0.4 is 5.56 Å². The average Bonchev–Trinajstić information content (AvgIpc) is 2.68. The van der Waals surface area contributed by atoms with Gasteiger partial charge in [0.05, 0.1) is 29.3 Å². The van der Waals surface area contributed by atoms with Crippen molar-refractivity contribution in [1.29, 1.82) is 0 Å². The van der Waals surface area contributed by atoms with Gasteiger partial charge in [0, 0.05) is 10.8 Å². The number of nitrogens with zero attached hydrogens (tertiary/aromatic N) is 2. The number of aromatic nitrogens is 2. The second-order valence-corrected chi connectivity index (χ2v) is 7.37. The molecule has 0 saturated carbocycles. The van der Waals surface area contributed by atoms with Crippen LogP contribution in [0.2, 0.25) is 5.02 Å². The van der Waals surface area contributed by atoms with Crippen molar-refractivity contribution in [1.82, 2.24) is 9.55 Å². The molecule has 5 nitrogen and oxygen atoms in total. The van der Waals surface area contributed by atoms with Gasteiger partial charge in [-0.05, 0) is 42.8 Å². The van der Waals surface area contributed by atoms with Crippen molar-refractivity contribution < 1.29 is 9.47 Å². The van der Waals surface area contributed by atoms with E-state index in [0.717, 1.165) is 12.1 Å². The largest absolute Gasteiger partial charge is 0.355 e. The molecular weight excluding hydrogens is 372 g/mol. The lowest BCUT2D eigenvalue weighted by atomic mass is 10.2. The number of fused-ring (bicyclic) bond motifs is 1. The van der Waals surface area contributed by atoms with Gasteiger partial charge < -0.3 is 9.47 Å². The van der Waals surface area contributed by atoms with Crippen LogP contribution in [-0.4, -0.2) is 34.8 Å². The molecule has 0 unspecified atom stereocenters. The summed E-state index contributed by atoms with van der Waals surface area (Å²) >= 11 is 7.52. The Morgan fingerprint density at radius 3 is 2.77 bits per heavy atom. The molecule has 134 valence electrons. The third-order valence-electron chi connectivity index (χ3n) is 4.20. The van der Waals surface area contributed by atoms with Crippen LogP contribution in [0.15, 0.2) is 58.5 Å². The van der Waals surface area contributed by atoms with Gasteiger partial charge in [0.1, 0.15) is 6.79 Å². The van der Waals surface area contributed by atoms with Gasteiger partial charge in [-0.3, -0.25) is 9.36 Å². The van der Waals surface area contributed by atoms with Crippen molar-refractivity contribution in [3.05, 3.63) is 63.9 Å². The first-order valence-electron chi connectivity index (χ1n) is 8.32. The Labute approximate surface area is 159 Å². The maximum Gasteiger partial charge on any atom is 0.266 e. The number of rotatable bonds is 4. The fourth-order valence-electron chi connectivity index (χ4n) is 2.83. The first-order chi connectivity index (χ1) is 12.7. The molecule has 0 radical (unpaired) electrons. The Morgan fingerprint density at radius 2 is 2.00 bits per heavy atom. The van der Waals surface area contributed by atoms with Gasteiger partial charge in [-0.2, -0.15) is 0 Å². The molecule has 1 aromatic heterocycles. The van der Waals surface area contributed by atoms with Crippen LogP contribution in [-0.2, 0) is 9.47 Å². The predicted molar refractivity (Wildman–Crippen MR) is 103 cm³/mol. The molecule has 3 aromatic rings. The summed E-state index contributed by atoms with van der Waals surface area (Å²) < 4.78 is 12.5. The lowest BCUT2D eigenvalue weighted by Gasteiger charge is -2.22. The monoisotopic (exact) mass is 388 g/mol. The third kappa shape index (κ3) is 3.64. The molecule has 0 aliphatic carbocycles. The molecule has 0 bridgehead atoms. The number of thioether (sulfide) groups is 1. The molecule has 0 spiro atoms. The molecule has 4 rings (SSSR count). The average molecular weight is 389 g/mol. The molecule has 2 heterocycles. The molecule has 1 atom stereocenters. The lowest BCUT2D eigenvalue weighted by molar-refractivity contribution is -0.130. The fourth-order valence-corrected chi connectivity index (χ4v) is 4.03. The topological polar surface area (TPSA) is 53.4 Å². The van der Waals surface area contributed by atoms with Crippen molar-refractivity contribution in [2.24, 2.45) is 0 Å². The Morgan fingerprint density at radius 1 is 1.19 bits per heavy atom. The molecule has 1 aliphatic rings. The first kappa shape index (κ1) is 17.5. The quantitative estimate of drug-likeness (QED) is 0.501. The SMILES string of the molecule is O=c1c2ccccc2nc(SC[C@H]2CCOCO2)n1-c1ccc(Cl)cc1. The molecule has 0 amide bonds. The molecule has 1 saturated heterocycles. The molecule has 0 N–H and O–H groups in total. The van der Waals surface area contributed by atoms with E-state index in [1.54, 1.807) is 22.8 Å². The highest BCUT2D eigenvalue weighted by Gasteiger charge is 2.18. The molecule has 1 aliphatic heterocycles. The van der Waals surface area contributed by atoms with Crippen LogP contribution in [0.4, 0.5) is 0 Å². The fraction of sp³-hybridized carbons (Fsp3) is 0.263. The van der Waals surface area contributed by atoms with Gasteiger partial charge in [0.15, 0.2) is 5.16 Å². The van der Waals surface area contributed by atoms with Crippen LogP contribution in [0.1, 0.15) is 6.42 Å². The molecule has 7 heteroatoms. The predicted octanol–water partition coefficient (Wildman–Crippen LogP) is 3.89. The number of hydrogen-bond donors (Lipinski definition) is 0. The second kappa shape index (κ2) is 7.80. The van der Waals surface area contributed by atoms with E-state index in [4.69, 9.17) is 26.1 Å². The van der Waals surface area contributed by atoms with Crippen LogP contribution in [0.25, 0.3) is 16.6 Å². The highest BCUT2D eigenvalue weighted by molar-refractivity contribution is 7.99. The van der Waals surface area contributed by atoms with E-state index in [1.807, 2.05) is 30.3 Å². The van der Waals surface area contributed by atoms with Crippen LogP contribution >= 0.6 is 23.4 Å².